The van der Waals surface area contributed by atoms with Gasteiger partial charge < -0.3 is 10.1 Å². The summed E-state index contributed by atoms with van der Waals surface area (Å²) in [6, 6.07) is 20.3. The van der Waals surface area contributed by atoms with Crippen molar-refractivity contribution in [3.8, 4) is 5.75 Å². The molecule has 29 heavy (non-hydrogen) atoms. The van der Waals surface area contributed by atoms with Gasteiger partial charge in [0.25, 0.3) is 15.9 Å². The van der Waals surface area contributed by atoms with Crippen LogP contribution in [-0.4, -0.2) is 28.5 Å². The molecule has 0 saturated heterocycles. The Morgan fingerprint density at radius 2 is 1.62 bits per heavy atom. The van der Waals surface area contributed by atoms with Crippen molar-refractivity contribution in [1.82, 2.24) is 0 Å². The smallest absolute Gasteiger partial charge is 0.264 e. The lowest BCUT2D eigenvalue weighted by atomic mass is 10.1. The molecular formula is C22H22N2O4S. The number of methoxy groups -OCH3 is 1. The summed E-state index contributed by atoms with van der Waals surface area (Å²) in [4.78, 5) is 12.6. The van der Waals surface area contributed by atoms with Gasteiger partial charge in [0.15, 0.2) is 0 Å². The largest absolute Gasteiger partial charge is 0.497 e. The van der Waals surface area contributed by atoms with Gasteiger partial charge in [0.05, 0.1) is 17.7 Å². The van der Waals surface area contributed by atoms with Crippen molar-refractivity contribution in [3.63, 3.8) is 0 Å². The summed E-state index contributed by atoms with van der Waals surface area (Å²) in [7, 11) is -0.730. The number of nitrogens with one attached hydrogen (secondary N) is 1. The number of aryl methyl sites for hydroxylation is 1. The molecule has 0 radical (unpaired) electrons. The molecule has 150 valence electrons. The summed E-state index contributed by atoms with van der Waals surface area (Å²) < 4.78 is 32.2. The van der Waals surface area contributed by atoms with E-state index in [4.69, 9.17) is 4.74 Å². The van der Waals surface area contributed by atoms with Crippen LogP contribution in [0.5, 0.6) is 5.75 Å². The van der Waals surface area contributed by atoms with Crippen molar-refractivity contribution < 1.29 is 17.9 Å². The quantitative estimate of drug-likeness (QED) is 0.664. The van der Waals surface area contributed by atoms with Gasteiger partial charge in [-0.05, 0) is 67.1 Å². The average molecular weight is 410 g/mol. The maximum absolute atomic E-state index is 13.0. The highest BCUT2D eigenvalue weighted by atomic mass is 32.2. The van der Waals surface area contributed by atoms with Crippen molar-refractivity contribution in [2.24, 2.45) is 0 Å². The fourth-order valence-electron chi connectivity index (χ4n) is 2.91. The SMILES string of the molecule is COc1ccc(S(=O)(=O)N(C)c2ccc(C(=O)Nc3ccccc3)cc2C)cc1. The summed E-state index contributed by atoms with van der Waals surface area (Å²) in [6.45, 7) is 1.77. The Bertz CT molecular complexity index is 1110. The summed E-state index contributed by atoms with van der Waals surface area (Å²) in [5.74, 6) is 0.322. The van der Waals surface area contributed by atoms with Crippen molar-refractivity contribution in [3.05, 3.63) is 83.9 Å². The summed E-state index contributed by atoms with van der Waals surface area (Å²) in [6.07, 6.45) is 0. The molecule has 3 aromatic rings. The molecule has 1 N–H and O–H groups in total. The monoisotopic (exact) mass is 410 g/mol. The minimum atomic E-state index is -3.74. The number of hydrogen-bond donors (Lipinski definition) is 1. The number of ether oxygens (including phenoxy) is 1. The van der Waals surface area contributed by atoms with E-state index in [0.29, 0.717) is 28.3 Å². The van der Waals surface area contributed by atoms with E-state index in [1.165, 1.54) is 30.6 Å². The zero-order chi connectivity index (χ0) is 21.0. The summed E-state index contributed by atoms with van der Waals surface area (Å²) >= 11 is 0. The van der Waals surface area contributed by atoms with Crippen LogP contribution >= 0.6 is 0 Å². The number of carbonyl (C=O) groups excluding carboxylic acids is 1. The third kappa shape index (κ3) is 4.41. The average Bonchev–Trinajstić information content (AvgIpc) is 2.74. The standard InChI is InChI=1S/C22H22N2O4S/c1-16-15-17(22(25)23-18-7-5-4-6-8-18)9-14-21(16)24(2)29(26,27)20-12-10-19(28-3)11-13-20/h4-15H,1-3H3,(H,23,25). The second-order valence-corrected chi connectivity index (χ2v) is 8.44. The highest BCUT2D eigenvalue weighted by molar-refractivity contribution is 7.92. The molecule has 0 spiro atoms. The molecule has 6 nitrogen and oxygen atoms in total. The lowest BCUT2D eigenvalue weighted by Crippen LogP contribution is -2.27. The first-order valence-electron chi connectivity index (χ1n) is 8.93. The Morgan fingerprint density at radius 3 is 2.21 bits per heavy atom. The van der Waals surface area contributed by atoms with E-state index < -0.39 is 10.0 Å². The number of para-hydroxylation sites is 1. The summed E-state index contributed by atoms with van der Waals surface area (Å²) in [5, 5.41) is 2.82. The number of sulfonamides is 1. The number of amides is 1. The van der Waals surface area contributed by atoms with Crippen LogP contribution < -0.4 is 14.4 Å². The number of benzene rings is 3. The highest BCUT2D eigenvalue weighted by Gasteiger charge is 2.23. The van der Waals surface area contributed by atoms with Gasteiger partial charge in [-0.1, -0.05) is 18.2 Å². The molecular weight excluding hydrogens is 388 g/mol. The van der Waals surface area contributed by atoms with E-state index in [2.05, 4.69) is 5.32 Å². The number of nitrogens with zero attached hydrogens (tertiary/aromatic N) is 1. The van der Waals surface area contributed by atoms with Gasteiger partial charge in [-0.2, -0.15) is 0 Å². The Balaban J connectivity index is 1.84. The van der Waals surface area contributed by atoms with E-state index in [9.17, 15) is 13.2 Å². The second-order valence-electron chi connectivity index (χ2n) is 6.47. The third-order valence-electron chi connectivity index (χ3n) is 4.55. The van der Waals surface area contributed by atoms with Gasteiger partial charge in [0.1, 0.15) is 5.75 Å². The molecule has 0 saturated carbocycles. The minimum absolute atomic E-state index is 0.158. The van der Waals surface area contributed by atoms with Crippen molar-refractivity contribution >= 4 is 27.3 Å². The summed E-state index contributed by atoms with van der Waals surface area (Å²) in [5.41, 5.74) is 2.31. The number of hydrogen-bond acceptors (Lipinski definition) is 4. The van der Waals surface area contributed by atoms with Crippen LogP contribution in [0, 0.1) is 6.92 Å². The molecule has 0 bridgehead atoms. The van der Waals surface area contributed by atoms with E-state index in [1.807, 2.05) is 18.2 Å². The normalized spacial score (nSPS) is 11.0. The second kappa shape index (κ2) is 8.36. The third-order valence-corrected chi connectivity index (χ3v) is 6.33. The predicted octanol–water partition coefficient (Wildman–Crippen LogP) is 4.08. The Kier molecular flexibility index (Phi) is 5.89. The highest BCUT2D eigenvalue weighted by Crippen LogP contribution is 2.27. The fourth-order valence-corrected chi connectivity index (χ4v) is 4.17. The van der Waals surface area contributed by atoms with Gasteiger partial charge in [0, 0.05) is 18.3 Å². The van der Waals surface area contributed by atoms with Crippen molar-refractivity contribution in [2.75, 3.05) is 23.8 Å². The molecule has 0 atom stereocenters. The topological polar surface area (TPSA) is 75.7 Å². The molecule has 0 unspecified atom stereocenters. The molecule has 0 aliphatic carbocycles. The van der Waals surface area contributed by atoms with E-state index in [-0.39, 0.29) is 10.8 Å². The Morgan fingerprint density at radius 1 is 0.966 bits per heavy atom. The zero-order valence-electron chi connectivity index (χ0n) is 16.4. The molecule has 0 aromatic heterocycles. The molecule has 0 fully saturated rings. The van der Waals surface area contributed by atoms with Crippen molar-refractivity contribution in [1.29, 1.82) is 0 Å². The predicted molar refractivity (Wildman–Crippen MR) is 114 cm³/mol. The molecule has 0 heterocycles. The fraction of sp³-hybridized carbons (Fsp3) is 0.136. The Hall–Kier alpha value is -3.32. The van der Waals surface area contributed by atoms with Gasteiger partial charge in [0.2, 0.25) is 0 Å². The van der Waals surface area contributed by atoms with Crippen molar-refractivity contribution in [2.45, 2.75) is 11.8 Å². The number of rotatable bonds is 6. The van der Waals surface area contributed by atoms with Gasteiger partial charge in [-0.3, -0.25) is 9.10 Å². The van der Waals surface area contributed by atoms with E-state index in [0.717, 1.165) is 0 Å². The van der Waals surface area contributed by atoms with E-state index >= 15 is 0 Å². The molecule has 1 amide bonds. The molecule has 0 aliphatic heterocycles. The van der Waals surface area contributed by atoms with Crippen LogP contribution in [0.1, 0.15) is 15.9 Å². The molecule has 3 rings (SSSR count). The first-order valence-corrected chi connectivity index (χ1v) is 10.4. The van der Waals surface area contributed by atoms with Gasteiger partial charge >= 0.3 is 0 Å². The lowest BCUT2D eigenvalue weighted by molar-refractivity contribution is 0.102. The van der Waals surface area contributed by atoms with Crippen LogP contribution in [0.15, 0.2) is 77.7 Å². The minimum Gasteiger partial charge on any atom is -0.497 e. The molecule has 7 heteroatoms. The maximum Gasteiger partial charge on any atom is 0.264 e. The Labute approximate surface area is 170 Å². The number of carbonyl (C=O) groups is 1. The molecule has 3 aromatic carbocycles. The first-order chi connectivity index (χ1) is 13.8. The zero-order valence-corrected chi connectivity index (χ0v) is 17.2. The van der Waals surface area contributed by atoms with Gasteiger partial charge in [-0.25, -0.2) is 8.42 Å². The van der Waals surface area contributed by atoms with Gasteiger partial charge in [-0.15, -0.1) is 0 Å². The maximum atomic E-state index is 13.0. The van der Waals surface area contributed by atoms with Crippen LogP contribution in [-0.2, 0) is 10.0 Å². The van der Waals surface area contributed by atoms with E-state index in [1.54, 1.807) is 49.4 Å². The molecule has 0 aliphatic rings. The number of anilines is 2. The van der Waals surface area contributed by atoms with Crippen LogP contribution in [0.25, 0.3) is 0 Å². The van der Waals surface area contributed by atoms with Crippen LogP contribution in [0.3, 0.4) is 0 Å². The lowest BCUT2D eigenvalue weighted by Gasteiger charge is -2.22. The van der Waals surface area contributed by atoms with Crippen LogP contribution in [0.2, 0.25) is 0 Å². The van der Waals surface area contributed by atoms with Crippen LogP contribution in [0.4, 0.5) is 11.4 Å². The first kappa shape index (κ1) is 20.4.